The summed E-state index contributed by atoms with van der Waals surface area (Å²) in [5, 5.41) is 12.7. The average Bonchev–Trinajstić information content (AvgIpc) is 2.79. The summed E-state index contributed by atoms with van der Waals surface area (Å²) in [5.41, 5.74) is 5.69. The highest BCUT2D eigenvalue weighted by Crippen LogP contribution is 2.22. The van der Waals surface area contributed by atoms with E-state index in [1.807, 2.05) is 25.1 Å². The first-order valence-corrected chi connectivity index (χ1v) is 6.68. The molecule has 0 spiro atoms. The third-order valence-corrected chi connectivity index (χ3v) is 3.36. The molecule has 104 valence electrons. The van der Waals surface area contributed by atoms with Crippen LogP contribution in [-0.2, 0) is 6.54 Å². The topological polar surface area (TPSA) is 44.6 Å². The van der Waals surface area contributed by atoms with Crippen LogP contribution in [0.1, 0.15) is 19.4 Å². The van der Waals surface area contributed by atoms with Crippen molar-refractivity contribution in [2.24, 2.45) is 4.99 Å². The van der Waals surface area contributed by atoms with Crippen LogP contribution in [0, 0.1) is 0 Å². The fraction of sp³-hybridized carbons (Fsp3) is 0.235. The summed E-state index contributed by atoms with van der Waals surface area (Å²) in [5.74, 6) is 0.291. The van der Waals surface area contributed by atoms with Crippen LogP contribution in [0.4, 0.5) is 0 Å². The molecule has 0 fully saturated rings. The molecule has 0 aromatic heterocycles. The molecule has 0 unspecified atom stereocenters. The second-order valence-electron chi connectivity index (χ2n) is 4.85. The van der Waals surface area contributed by atoms with Crippen molar-refractivity contribution < 1.29 is 5.11 Å². The minimum atomic E-state index is 0.291. The number of aromatic hydroxyl groups is 1. The predicted molar refractivity (Wildman–Crippen MR) is 83.9 cm³/mol. The molecule has 1 aliphatic rings. The highest BCUT2D eigenvalue weighted by atomic mass is 16.3. The van der Waals surface area contributed by atoms with Crippen LogP contribution in [0.5, 0.6) is 5.75 Å². The van der Waals surface area contributed by atoms with Gasteiger partial charge in [-0.1, -0.05) is 30.9 Å². The molecule has 0 amide bonds. The summed E-state index contributed by atoms with van der Waals surface area (Å²) in [6.07, 6.45) is 3.82. The standard InChI is InChI=1S/C17H20N2O/c1-4-5-15-11-19-13(3)17(15)12(2)18-10-14-6-8-16(20)9-7-14/h4-9,18,20H,1,10-11H2,2-3H3/b15-5-,17-12+. The number of phenols is 1. The zero-order chi connectivity index (χ0) is 14.5. The van der Waals surface area contributed by atoms with E-state index in [0.717, 1.165) is 30.1 Å². The van der Waals surface area contributed by atoms with Gasteiger partial charge in [-0.05, 0) is 37.1 Å². The Morgan fingerprint density at radius 3 is 2.75 bits per heavy atom. The Morgan fingerprint density at radius 1 is 1.40 bits per heavy atom. The summed E-state index contributed by atoms with van der Waals surface area (Å²) in [4.78, 5) is 4.47. The maximum absolute atomic E-state index is 9.27. The highest BCUT2D eigenvalue weighted by Gasteiger charge is 2.17. The highest BCUT2D eigenvalue weighted by molar-refractivity contribution is 6.05. The van der Waals surface area contributed by atoms with Gasteiger partial charge in [0.1, 0.15) is 5.75 Å². The van der Waals surface area contributed by atoms with Gasteiger partial charge in [-0.15, -0.1) is 0 Å². The summed E-state index contributed by atoms with van der Waals surface area (Å²) in [6, 6.07) is 7.22. The fourth-order valence-electron chi connectivity index (χ4n) is 2.32. The molecule has 1 aromatic rings. The van der Waals surface area contributed by atoms with Crippen molar-refractivity contribution in [1.82, 2.24) is 5.32 Å². The van der Waals surface area contributed by atoms with Crippen molar-refractivity contribution in [1.29, 1.82) is 0 Å². The smallest absolute Gasteiger partial charge is 0.115 e. The Bertz CT molecular complexity index is 592. The number of aliphatic imine (C=N–C) groups is 1. The van der Waals surface area contributed by atoms with E-state index in [-0.39, 0.29) is 0 Å². The molecule has 0 radical (unpaired) electrons. The lowest BCUT2D eigenvalue weighted by Crippen LogP contribution is -2.15. The van der Waals surface area contributed by atoms with Crippen molar-refractivity contribution in [3.63, 3.8) is 0 Å². The first-order valence-electron chi connectivity index (χ1n) is 6.68. The molecule has 20 heavy (non-hydrogen) atoms. The van der Waals surface area contributed by atoms with Crippen molar-refractivity contribution in [2.75, 3.05) is 6.54 Å². The van der Waals surface area contributed by atoms with Gasteiger partial charge in [0.2, 0.25) is 0 Å². The van der Waals surface area contributed by atoms with E-state index in [2.05, 4.69) is 23.8 Å². The van der Waals surface area contributed by atoms with Crippen molar-refractivity contribution >= 4 is 5.71 Å². The monoisotopic (exact) mass is 268 g/mol. The molecule has 0 aliphatic carbocycles. The average molecular weight is 268 g/mol. The van der Waals surface area contributed by atoms with Crippen LogP contribution >= 0.6 is 0 Å². The Kier molecular flexibility index (Phi) is 4.41. The predicted octanol–water partition coefficient (Wildman–Crippen LogP) is 3.34. The minimum Gasteiger partial charge on any atom is -0.508 e. The van der Waals surface area contributed by atoms with E-state index >= 15 is 0 Å². The molecular formula is C17H20N2O. The maximum Gasteiger partial charge on any atom is 0.115 e. The van der Waals surface area contributed by atoms with Gasteiger partial charge in [0, 0.05) is 23.5 Å². The number of hydrogen-bond acceptors (Lipinski definition) is 3. The zero-order valence-corrected chi connectivity index (χ0v) is 12.0. The van der Waals surface area contributed by atoms with Crippen LogP contribution in [0.2, 0.25) is 0 Å². The maximum atomic E-state index is 9.27. The minimum absolute atomic E-state index is 0.291. The third-order valence-electron chi connectivity index (χ3n) is 3.36. The lowest BCUT2D eigenvalue weighted by Gasteiger charge is -2.12. The molecular weight excluding hydrogens is 248 g/mol. The van der Waals surface area contributed by atoms with Crippen LogP contribution in [0.25, 0.3) is 0 Å². The largest absolute Gasteiger partial charge is 0.508 e. The zero-order valence-electron chi connectivity index (χ0n) is 12.0. The van der Waals surface area contributed by atoms with Gasteiger partial charge >= 0.3 is 0 Å². The number of rotatable bonds is 4. The molecule has 0 saturated heterocycles. The molecule has 0 saturated carbocycles. The molecule has 0 bridgehead atoms. The molecule has 1 heterocycles. The van der Waals surface area contributed by atoms with E-state index in [1.165, 1.54) is 11.1 Å². The summed E-state index contributed by atoms with van der Waals surface area (Å²) in [7, 11) is 0. The second kappa shape index (κ2) is 6.24. The molecule has 2 rings (SSSR count). The molecule has 2 N–H and O–H groups in total. The summed E-state index contributed by atoms with van der Waals surface area (Å²) < 4.78 is 0. The third kappa shape index (κ3) is 3.18. The van der Waals surface area contributed by atoms with Crippen LogP contribution < -0.4 is 5.32 Å². The van der Waals surface area contributed by atoms with Gasteiger partial charge in [-0.2, -0.15) is 0 Å². The van der Waals surface area contributed by atoms with Crippen LogP contribution in [0.15, 0.2) is 64.8 Å². The van der Waals surface area contributed by atoms with Gasteiger partial charge in [-0.3, -0.25) is 4.99 Å². The van der Waals surface area contributed by atoms with Crippen LogP contribution in [0.3, 0.4) is 0 Å². The lowest BCUT2D eigenvalue weighted by molar-refractivity contribution is 0.475. The van der Waals surface area contributed by atoms with E-state index in [4.69, 9.17) is 0 Å². The van der Waals surface area contributed by atoms with E-state index in [0.29, 0.717) is 5.75 Å². The normalized spacial score (nSPS) is 18.9. The summed E-state index contributed by atoms with van der Waals surface area (Å²) in [6.45, 7) is 9.30. The Morgan fingerprint density at radius 2 is 2.10 bits per heavy atom. The first kappa shape index (κ1) is 14.1. The molecule has 0 atom stereocenters. The lowest BCUT2D eigenvalue weighted by atomic mass is 10.0. The molecule has 1 aromatic carbocycles. The Labute approximate surface area is 120 Å². The van der Waals surface area contributed by atoms with Gasteiger partial charge in [0.15, 0.2) is 0 Å². The molecule has 3 heteroatoms. The van der Waals surface area contributed by atoms with Gasteiger partial charge < -0.3 is 10.4 Å². The Balaban J connectivity index is 2.13. The van der Waals surface area contributed by atoms with E-state index in [9.17, 15) is 5.11 Å². The Hall–Kier alpha value is -2.29. The number of allylic oxidation sites excluding steroid dienone is 3. The fourth-order valence-corrected chi connectivity index (χ4v) is 2.32. The molecule has 1 aliphatic heterocycles. The number of hydrogen-bond donors (Lipinski definition) is 2. The number of nitrogens with zero attached hydrogens (tertiary/aromatic N) is 1. The molecule has 3 nitrogen and oxygen atoms in total. The van der Waals surface area contributed by atoms with Crippen molar-refractivity contribution in [3.05, 3.63) is 65.4 Å². The quantitative estimate of drug-likeness (QED) is 0.879. The number of nitrogens with one attached hydrogen (secondary N) is 1. The number of benzene rings is 1. The SMILES string of the molecule is C=C/C=C1/CN=C(C)/C1=C(/C)NCc1ccc(O)cc1. The van der Waals surface area contributed by atoms with Crippen molar-refractivity contribution in [3.8, 4) is 5.75 Å². The van der Waals surface area contributed by atoms with E-state index in [1.54, 1.807) is 18.2 Å². The van der Waals surface area contributed by atoms with Crippen LogP contribution in [-0.4, -0.2) is 17.4 Å². The van der Waals surface area contributed by atoms with Gasteiger partial charge in [-0.25, -0.2) is 0 Å². The van der Waals surface area contributed by atoms with E-state index < -0.39 is 0 Å². The van der Waals surface area contributed by atoms with Gasteiger partial charge in [0.05, 0.1) is 6.54 Å². The van der Waals surface area contributed by atoms with Crippen molar-refractivity contribution in [2.45, 2.75) is 20.4 Å². The first-order chi connectivity index (χ1) is 9.61. The summed E-state index contributed by atoms with van der Waals surface area (Å²) >= 11 is 0. The number of phenolic OH excluding ortho intramolecular Hbond substituents is 1. The second-order valence-corrected chi connectivity index (χ2v) is 4.85. The van der Waals surface area contributed by atoms with Gasteiger partial charge in [0.25, 0.3) is 0 Å².